The lowest BCUT2D eigenvalue weighted by Crippen LogP contribution is -2.40. The van der Waals surface area contributed by atoms with Gasteiger partial charge in [-0.1, -0.05) is 0 Å². The number of rotatable bonds is 5. The average Bonchev–Trinajstić information content (AvgIpc) is 3.11. The van der Waals surface area contributed by atoms with Crippen LogP contribution in [0.2, 0.25) is 0 Å². The van der Waals surface area contributed by atoms with Gasteiger partial charge in [-0.05, 0) is 55.9 Å². The first kappa shape index (κ1) is 23.4. The molecule has 2 N–H and O–H groups in total. The van der Waals surface area contributed by atoms with Crippen LogP contribution in [0.25, 0.3) is 0 Å². The zero-order chi connectivity index (χ0) is 17.6. The summed E-state index contributed by atoms with van der Waals surface area (Å²) in [6.45, 7) is 2.52. The number of pyridine rings is 1. The maximum absolute atomic E-state index is 12.8. The fourth-order valence-corrected chi connectivity index (χ4v) is 3.86. The van der Waals surface area contributed by atoms with Crippen molar-refractivity contribution in [1.82, 2.24) is 15.2 Å². The van der Waals surface area contributed by atoms with Gasteiger partial charge in [-0.15, -0.1) is 36.2 Å². The molecule has 1 aliphatic rings. The molecule has 0 aliphatic carbocycles. The lowest BCUT2D eigenvalue weighted by atomic mass is 9.97. The number of carbonyl (C=O) groups excluding carboxylic acids is 2. The molecule has 148 valence electrons. The largest absolute Gasteiger partial charge is 0.338 e. The fourth-order valence-electron chi connectivity index (χ4n) is 3.04. The van der Waals surface area contributed by atoms with Crippen molar-refractivity contribution in [3.63, 3.8) is 0 Å². The summed E-state index contributed by atoms with van der Waals surface area (Å²) in [6.07, 6.45) is 5.17. The molecular weight excluding hydrogens is 407 g/mol. The Bertz CT molecular complexity index is 734. The van der Waals surface area contributed by atoms with Gasteiger partial charge in [-0.3, -0.25) is 14.6 Å². The van der Waals surface area contributed by atoms with E-state index < -0.39 is 0 Å². The van der Waals surface area contributed by atoms with Crippen molar-refractivity contribution in [3.8, 4) is 0 Å². The van der Waals surface area contributed by atoms with Gasteiger partial charge in [0.25, 0.3) is 11.8 Å². The Hall–Kier alpha value is -1.67. The van der Waals surface area contributed by atoms with Crippen molar-refractivity contribution < 1.29 is 9.59 Å². The Morgan fingerprint density at radius 2 is 1.85 bits per heavy atom. The first-order valence-corrected chi connectivity index (χ1v) is 9.29. The number of hydrogen-bond acceptors (Lipinski definition) is 5. The van der Waals surface area contributed by atoms with E-state index >= 15 is 0 Å². The molecule has 1 aliphatic heterocycles. The van der Waals surface area contributed by atoms with Gasteiger partial charge < -0.3 is 15.5 Å². The minimum Gasteiger partial charge on any atom is -0.338 e. The number of halogens is 2. The summed E-state index contributed by atoms with van der Waals surface area (Å²) in [4.78, 5) is 31.5. The molecule has 27 heavy (non-hydrogen) atoms. The minimum atomic E-state index is -0.234. The zero-order valence-corrected chi connectivity index (χ0v) is 17.5. The average molecular weight is 431 g/mol. The lowest BCUT2D eigenvalue weighted by molar-refractivity contribution is 0.0697. The molecule has 0 atom stereocenters. The first-order chi connectivity index (χ1) is 12.2. The second-order valence-corrected chi connectivity index (χ2v) is 7.06. The predicted octanol–water partition coefficient (Wildman–Crippen LogP) is 3.31. The molecule has 2 amide bonds. The number of hydrogen-bond donors (Lipinski definition) is 2. The van der Waals surface area contributed by atoms with E-state index in [-0.39, 0.29) is 36.6 Å². The third-order valence-electron chi connectivity index (χ3n) is 4.44. The van der Waals surface area contributed by atoms with E-state index in [9.17, 15) is 9.59 Å². The van der Waals surface area contributed by atoms with Gasteiger partial charge in [0.05, 0.1) is 5.69 Å². The molecule has 0 saturated carbocycles. The highest BCUT2D eigenvalue weighted by molar-refractivity contribution is 7.12. The van der Waals surface area contributed by atoms with Crippen LogP contribution in [0.4, 0.5) is 5.69 Å². The van der Waals surface area contributed by atoms with Crippen molar-refractivity contribution in [2.45, 2.75) is 12.8 Å². The van der Waals surface area contributed by atoms with E-state index in [0.717, 1.165) is 32.5 Å². The smallest absolute Gasteiger partial charge is 0.266 e. The van der Waals surface area contributed by atoms with Crippen LogP contribution in [-0.4, -0.2) is 48.4 Å². The maximum atomic E-state index is 12.8. The first-order valence-electron chi connectivity index (χ1n) is 8.41. The Balaban J connectivity index is 0.00000182. The van der Waals surface area contributed by atoms with Crippen molar-refractivity contribution >= 4 is 53.7 Å². The summed E-state index contributed by atoms with van der Waals surface area (Å²) in [5, 5.41) is 7.88. The molecule has 2 aromatic rings. The van der Waals surface area contributed by atoms with Gasteiger partial charge in [0.2, 0.25) is 0 Å². The van der Waals surface area contributed by atoms with Crippen LogP contribution in [0.15, 0.2) is 36.0 Å². The van der Waals surface area contributed by atoms with Crippen molar-refractivity contribution in [2.24, 2.45) is 5.92 Å². The molecule has 0 bridgehead atoms. The SMILES string of the molecule is CNCC1CCN(C(=O)c2sccc2NC(=O)c2ccncc2)CC1.Cl.Cl. The summed E-state index contributed by atoms with van der Waals surface area (Å²) in [6, 6.07) is 5.08. The van der Waals surface area contributed by atoms with Crippen LogP contribution in [0.1, 0.15) is 32.9 Å². The van der Waals surface area contributed by atoms with E-state index in [0.29, 0.717) is 22.0 Å². The number of thiophene rings is 1. The van der Waals surface area contributed by atoms with Gasteiger partial charge in [-0.2, -0.15) is 0 Å². The predicted molar refractivity (Wildman–Crippen MR) is 114 cm³/mol. The molecule has 0 unspecified atom stereocenters. The normalized spacial score (nSPS) is 14.0. The van der Waals surface area contributed by atoms with Crippen LogP contribution >= 0.6 is 36.2 Å². The highest BCUT2D eigenvalue weighted by Gasteiger charge is 2.26. The van der Waals surface area contributed by atoms with Crippen molar-refractivity contribution in [3.05, 3.63) is 46.4 Å². The number of piperidine rings is 1. The number of amides is 2. The second-order valence-electron chi connectivity index (χ2n) is 6.15. The summed E-state index contributed by atoms with van der Waals surface area (Å²) in [5.41, 5.74) is 1.10. The lowest BCUT2D eigenvalue weighted by Gasteiger charge is -2.31. The quantitative estimate of drug-likeness (QED) is 0.762. The highest BCUT2D eigenvalue weighted by atomic mass is 35.5. The molecule has 2 aromatic heterocycles. The summed E-state index contributed by atoms with van der Waals surface area (Å²) in [7, 11) is 1.96. The van der Waals surface area contributed by atoms with Gasteiger partial charge in [0.1, 0.15) is 4.88 Å². The molecule has 6 nitrogen and oxygen atoms in total. The molecule has 1 fully saturated rings. The number of nitrogens with zero attached hydrogens (tertiary/aromatic N) is 2. The Morgan fingerprint density at radius 3 is 2.48 bits per heavy atom. The summed E-state index contributed by atoms with van der Waals surface area (Å²) < 4.78 is 0. The topological polar surface area (TPSA) is 74.3 Å². The van der Waals surface area contributed by atoms with E-state index in [1.165, 1.54) is 11.3 Å². The van der Waals surface area contributed by atoms with Gasteiger partial charge >= 0.3 is 0 Å². The fraction of sp³-hybridized carbons (Fsp3) is 0.389. The highest BCUT2D eigenvalue weighted by Crippen LogP contribution is 2.27. The number of likely N-dealkylation sites (tertiary alicyclic amines) is 1. The molecule has 0 radical (unpaired) electrons. The standard InChI is InChI=1S/C18H22N4O2S.2ClH/c1-19-12-13-4-9-22(10-5-13)18(24)16-15(6-11-25-16)21-17(23)14-2-7-20-8-3-14;;/h2-3,6-8,11,13,19H,4-5,9-10,12H2,1H3,(H,21,23);2*1H. The van der Waals surface area contributed by atoms with Crippen molar-refractivity contribution in [2.75, 3.05) is 32.0 Å². The molecule has 0 aromatic carbocycles. The van der Waals surface area contributed by atoms with Gasteiger partial charge in [0.15, 0.2) is 0 Å². The van der Waals surface area contributed by atoms with Crippen LogP contribution in [-0.2, 0) is 0 Å². The van der Waals surface area contributed by atoms with Gasteiger partial charge in [0, 0.05) is 31.0 Å². The minimum absolute atomic E-state index is 0. The molecule has 9 heteroatoms. The monoisotopic (exact) mass is 430 g/mol. The summed E-state index contributed by atoms with van der Waals surface area (Å²) in [5.74, 6) is 0.397. The maximum Gasteiger partial charge on any atom is 0.266 e. The third-order valence-corrected chi connectivity index (χ3v) is 5.35. The van der Waals surface area contributed by atoms with E-state index in [2.05, 4.69) is 15.6 Å². The Kier molecular flexibility index (Phi) is 9.73. The second kappa shape index (κ2) is 11.2. The number of anilines is 1. The zero-order valence-electron chi connectivity index (χ0n) is 15.0. The number of nitrogens with one attached hydrogen (secondary N) is 2. The Morgan fingerprint density at radius 1 is 1.19 bits per heavy atom. The molecule has 3 rings (SSSR count). The molecule has 0 spiro atoms. The van der Waals surface area contributed by atoms with E-state index in [4.69, 9.17) is 0 Å². The van der Waals surface area contributed by atoms with E-state index in [1.807, 2.05) is 17.3 Å². The van der Waals surface area contributed by atoms with Crippen LogP contribution in [0, 0.1) is 5.92 Å². The number of aromatic nitrogens is 1. The van der Waals surface area contributed by atoms with Gasteiger partial charge in [-0.25, -0.2) is 0 Å². The summed E-state index contributed by atoms with van der Waals surface area (Å²) >= 11 is 1.37. The number of carbonyl (C=O) groups is 2. The van der Waals surface area contributed by atoms with Crippen molar-refractivity contribution in [1.29, 1.82) is 0 Å². The third kappa shape index (κ3) is 5.90. The van der Waals surface area contributed by atoms with Crippen LogP contribution in [0.3, 0.4) is 0 Å². The Labute approximate surface area is 175 Å². The van der Waals surface area contributed by atoms with Crippen LogP contribution in [0.5, 0.6) is 0 Å². The van der Waals surface area contributed by atoms with E-state index in [1.54, 1.807) is 30.6 Å². The van der Waals surface area contributed by atoms with Crippen LogP contribution < -0.4 is 10.6 Å². The molecular formula is C18H24Cl2N4O2S. The molecule has 3 heterocycles. The molecule has 1 saturated heterocycles.